The Bertz CT molecular complexity index is 1250. The van der Waals surface area contributed by atoms with E-state index >= 15 is 13.2 Å². The zero-order valence-electron chi connectivity index (χ0n) is 18.2. The number of rotatable bonds is 6. The standard InChI is InChI=1S/C23H20Cl2F3N5O/c1-3-32-22-15(8-12(24)11-31-22)14-4-5-16(25)19(28)20(14)33(23(32)34)21-17(26)9-13(10-18(21)27)30-7-6-29-2/h4-5,8-11,29-30H,3,6-7H2,1-2H3. The first-order valence-electron chi connectivity index (χ1n) is 10.4. The fourth-order valence-electron chi connectivity index (χ4n) is 3.83. The fourth-order valence-corrected chi connectivity index (χ4v) is 4.14. The summed E-state index contributed by atoms with van der Waals surface area (Å²) in [5.74, 6) is -2.95. The summed E-state index contributed by atoms with van der Waals surface area (Å²) < 4.78 is 46.2. The molecule has 0 aliphatic carbocycles. The monoisotopic (exact) mass is 509 g/mol. The highest BCUT2D eigenvalue weighted by Gasteiger charge is 2.38. The quantitative estimate of drug-likeness (QED) is 0.388. The van der Waals surface area contributed by atoms with Gasteiger partial charge in [-0.1, -0.05) is 29.3 Å². The molecule has 1 aliphatic rings. The number of halogens is 5. The molecule has 2 amide bonds. The normalized spacial score (nSPS) is 13.0. The molecule has 4 rings (SSSR count). The molecule has 1 aliphatic heterocycles. The second-order valence-corrected chi connectivity index (χ2v) is 8.31. The van der Waals surface area contributed by atoms with Gasteiger partial charge in [0.25, 0.3) is 0 Å². The molecule has 2 heterocycles. The highest BCUT2D eigenvalue weighted by molar-refractivity contribution is 6.32. The van der Waals surface area contributed by atoms with E-state index < -0.39 is 34.9 Å². The van der Waals surface area contributed by atoms with E-state index in [9.17, 15) is 4.79 Å². The molecule has 0 atom stereocenters. The van der Waals surface area contributed by atoms with Crippen LogP contribution < -0.4 is 20.4 Å². The molecule has 0 bridgehead atoms. The number of urea groups is 1. The van der Waals surface area contributed by atoms with Crippen molar-refractivity contribution >= 4 is 52.1 Å². The van der Waals surface area contributed by atoms with Gasteiger partial charge in [-0.15, -0.1) is 0 Å². The van der Waals surface area contributed by atoms with Crippen LogP contribution in [0, 0.1) is 17.5 Å². The molecule has 34 heavy (non-hydrogen) atoms. The smallest absolute Gasteiger partial charge is 0.335 e. The summed E-state index contributed by atoms with van der Waals surface area (Å²) in [6.45, 7) is 2.73. The topological polar surface area (TPSA) is 60.5 Å². The zero-order valence-corrected chi connectivity index (χ0v) is 19.7. The first-order chi connectivity index (χ1) is 16.3. The molecular formula is C23H20Cl2F3N5O. The number of likely N-dealkylation sites (N-methyl/N-ethyl adjacent to an activating group) is 1. The number of hydrogen-bond acceptors (Lipinski definition) is 4. The molecule has 0 unspecified atom stereocenters. The van der Waals surface area contributed by atoms with Crippen molar-refractivity contribution in [3.8, 4) is 11.1 Å². The van der Waals surface area contributed by atoms with Gasteiger partial charge in [0.1, 0.15) is 11.5 Å². The van der Waals surface area contributed by atoms with E-state index in [1.807, 2.05) is 0 Å². The predicted octanol–water partition coefficient (Wildman–Crippen LogP) is 6.20. The number of amides is 2. The predicted molar refractivity (Wildman–Crippen MR) is 129 cm³/mol. The number of hydrogen-bond donors (Lipinski definition) is 2. The lowest BCUT2D eigenvalue weighted by Gasteiger charge is -2.28. The maximum atomic E-state index is 15.5. The number of nitrogens with one attached hydrogen (secondary N) is 2. The van der Waals surface area contributed by atoms with Gasteiger partial charge in [-0.05, 0) is 38.2 Å². The van der Waals surface area contributed by atoms with Gasteiger partial charge >= 0.3 is 6.03 Å². The number of benzene rings is 2. The van der Waals surface area contributed by atoms with Crippen LogP contribution in [-0.4, -0.2) is 37.7 Å². The third-order valence-corrected chi connectivity index (χ3v) is 5.85. The largest absolute Gasteiger partial charge is 0.384 e. The molecule has 0 radical (unpaired) electrons. The first-order valence-corrected chi connectivity index (χ1v) is 11.2. The Morgan fingerprint density at radius 2 is 1.71 bits per heavy atom. The van der Waals surface area contributed by atoms with Gasteiger partial charge in [0.15, 0.2) is 17.5 Å². The van der Waals surface area contributed by atoms with E-state index in [0.717, 1.165) is 12.1 Å². The van der Waals surface area contributed by atoms with Crippen molar-refractivity contribution in [3.05, 3.63) is 64.0 Å². The Balaban J connectivity index is 1.98. The Kier molecular flexibility index (Phi) is 6.88. The maximum Gasteiger partial charge on any atom is 0.335 e. The summed E-state index contributed by atoms with van der Waals surface area (Å²) in [5.41, 5.74) is -0.475. The van der Waals surface area contributed by atoms with E-state index in [1.165, 1.54) is 29.3 Å². The van der Waals surface area contributed by atoms with Crippen LogP contribution in [0.3, 0.4) is 0 Å². The van der Waals surface area contributed by atoms with Crippen molar-refractivity contribution in [2.75, 3.05) is 41.8 Å². The molecule has 1 aromatic heterocycles. The lowest BCUT2D eigenvalue weighted by atomic mass is 10.0. The minimum absolute atomic E-state index is 0.0905. The van der Waals surface area contributed by atoms with Crippen molar-refractivity contribution in [1.82, 2.24) is 10.3 Å². The van der Waals surface area contributed by atoms with Crippen molar-refractivity contribution in [2.45, 2.75) is 6.92 Å². The summed E-state index contributed by atoms with van der Waals surface area (Å²) in [5, 5.41) is 5.72. The average molecular weight is 510 g/mol. The third kappa shape index (κ3) is 4.15. The van der Waals surface area contributed by atoms with Gasteiger partial charge in [0, 0.05) is 42.6 Å². The molecule has 0 fully saturated rings. The Morgan fingerprint density at radius 3 is 2.35 bits per heavy atom. The van der Waals surface area contributed by atoms with E-state index in [2.05, 4.69) is 15.6 Å². The third-order valence-electron chi connectivity index (χ3n) is 5.35. The van der Waals surface area contributed by atoms with Crippen LogP contribution in [0.5, 0.6) is 0 Å². The van der Waals surface area contributed by atoms with Crippen molar-refractivity contribution in [3.63, 3.8) is 0 Å². The molecule has 2 aromatic carbocycles. The lowest BCUT2D eigenvalue weighted by Crippen LogP contribution is -2.41. The molecule has 0 saturated heterocycles. The molecular weight excluding hydrogens is 490 g/mol. The van der Waals surface area contributed by atoms with Crippen LogP contribution in [0.25, 0.3) is 11.1 Å². The highest BCUT2D eigenvalue weighted by Crippen LogP contribution is 2.47. The average Bonchev–Trinajstić information content (AvgIpc) is 2.89. The SMILES string of the molecule is CCN1C(=O)N(c2c(F)cc(NCCNC)cc2F)c2c(ccc(Cl)c2F)-c2cc(Cl)cnc21. The minimum atomic E-state index is -1.06. The summed E-state index contributed by atoms with van der Waals surface area (Å²) in [7, 11) is 1.74. The van der Waals surface area contributed by atoms with Gasteiger partial charge < -0.3 is 10.6 Å². The van der Waals surface area contributed by atoms with Gasteiger partial charge in [0.05, 0.1) is 15.7 Å². The van der Waals surface area contributed by atoms with E-state index in [-0.39, 0.29) is 33.7 Å². The van der Waals surface area contributed by atoms with Crippen LogP contribution in [0.4, 0.5) is 40.8 Å². The van der Waals surface area contributed by atoms with E-state index in [0.29, 0.717) is 23.6 Å². The second-order valence-electron chi connectivity index (χ2n) is 7.46. The Hall–Kier alpha value is -3.01. The van der Waals surface area contributed by atoms with Crippen molar-refractivity contribution in [2.24, 2.45) is 0 Å². The summed E-state index contributed by atoms with van der Waals surface area (Å²) in [4.78, 5) is 19.8. The van der Waals surface area contributed by atoms with Crippen molar-refractivity contribution in [1.29, 1.82) is 0 Å². The maximum absolute atomic E-state index is 15.5. The number of nitrogens with zero attached hydrogens (tertiary/aromatic N) is 3. The Labute approximate surface area is 204 Å². The molecule has 6 nitrogen and oxygen atoms in total. The van der Waals surface area contributed by atoms with E-state index in [1.54, 1.807) is 14.0 Å². The van der Waals surface area contributed by atoms with Gasteiger partial charge in [0.2, 0.25) is 0 Å². The van der Waals surface area contributed by atoms with Crippen LogP contribution >= 0.6 is 23.2 Å². The van der Waals surface area contributed by atoms with Gasteiger partial charge in [-0.2, -0.15) is 0 Å². The molecule has 2 N–H and O–H groups in total. The van der Waals surface area contributed by atoms with Crippen LogP contribution in [0.15, 0.2) is 36.5 Å². The van der Waals surface area contributed by atoms with Gasteiger partial charge in [-0.3, -0.25) is 9.80 Å². The number of fused-ring (bicyclic) bond motifs is 3. The highest BCUT2D eigenvalue weighted by atomic mass is 35.5. The van der Waals surface area contributed by atoms with Gasteiger partial charge in [-0.25, -0.2) is 22.9 Å². The second kappa shape index (κ2) is 9.69. The molecule has 0 spiro atoms. The number of aromatic nitrogens is 1. The molecule has 11 heteroatoms. The minimum Gasteiger partial charge on any atom is -0.384 e. The lowest BCUT2D eigenvalue weighted by molar-refractivity contribution is 0.253. The molecule has 0 saturated carbocycles. The zero-order chi connectivity index (χ0) is 24.6. The number of anilines is 4. The van der Waals surface area contributed by atoms with Crippen molar-refractivity contribution < 1.29 is 18.0 Å². The first kappa shape index (κ1) is 24.1. The summed E-state index contributed by atoms with van der Waals surface area (Å²) >= 11 is 12.2. The molecule has 178 valence electrons. The number of carbonyl (C=O) groups excluding carboxylic acids is 1. The number of carbonyl (C=O) groups is 1. The fraction of sp³-hybridized carbons (Fsp3) is 0.217. The van der Waals surface area contributed by atoms with Crippen LogP contribution in [0.1, 0.15) is 6.92 Å². The van der Waals surface area contributed by atoms with E-state index in [4.69, 9.17) is 23.2 Å². The Morgan fingerprint density at radius 1 is 1.00 bits per heavy atom. The van der Waals surface area contributed by atoms with Crippen LogP contribution in [-0.2, 0) is 0 Å². The summed E-state index contributed by atoms with van der Waals surface area (Å²) in [6, 6.07) is 5.47. The number of pyridine rings is 1. The summed E-state index contributed by atoms with van der Waals surface area (Å²) in [6.07, 6.45) is 1.34. The van der Waals surface area contributed by atoms with Crippen LogP contribution in [0.2, 0.25) is 10.0 Å². The molecule has 3 aromatic rings.